The summed E-state index contributed by atoms with van der Waals surface area (Å²) in [6.07, 6.45) is 3.36. The summed E-state index contributed by atoms with van der Waals surface area (Å²) in [6.45, 7) is 5.43. The van der Waals surface area contributed by atoms with Crippen LogP contribution in [0.25, 0.3) is 0 Å². The zero-order valence-electron chi connectivity index (χ0n) is 13.0. The molecule has 2 heterocycles. The Hall–Kier alpha value is -1.65. The Morgan fingerprint density at radius 2 is 2.14 bits per heavy atom. The van der Waals surface area contributed by atoms with E-state index in [1.54, 1.807) is 17.4 Å². The highest BCUT2D eigenvalue weighted by Crippen LogP contribution is 2.21. The number of nitrogens with one attached hydrogen (secondary N) is 1. The minimum Gasteiger partial charge on any atom is -0.369 e. The fourth-order valence-electron chi connectivity index (χ4n) is 2.65. The molecule has 7 heteroatoms. The maximum Gasteiger partial charge on any atom is 0.213 e. The summed E-state index contributed by atoms with van der Waals surface area (Å²) in [5, 5.41) is 12.4. The van der Waals surface area contributed by atoms with Crippen molar-refractivity contribution in [3.05, 3.63) is 23.4 Å². The average Bonchev–Trinajstić information content (AvgIpc) is 2.53. The SMILES string of the molecule is CCS(=O)(=O)N1CCC(CNc2nccc(C)c2C#N)CC1. The van der Waals surface area contributed by atoms with Gasteiger partial charge >= 0.3 is 0 Å². The van der Waals surface area contributed by atoms with E-state index in [1.807, 2.05) is 13.0 Å². The Kier molecular flexibility index (Phi) is 5.37. The number of aryl methyl sites for hydroxylation is 1. The molecule has 120 valence electrons. The van der Waals surface area contributed by atoms with Gasteiger partial charge in [0.1, 0.15) is 11.9 Å². The Balaban J connectivity index is 1.91. The standard InChI is InChI=1S/C15H22N4O2S/c1-3-22(20,21)19-8-5-13(6-9-19)11-18-15-14(10-16)12(2)4-7-17-15/h4,7,13H,3,5-6,8-9,11H2,1-2H3,(H,17,18). The molecule has 0 saturated carbocycles. The van der Waals surface area contributed by atoms with E-state index in [4.69, 9.17) is 0 Å². The largest absolute Gasteiger partial charge is 0.369 e. The number of sulfonamides is 1. The number of hydrogen-bond acceptors (Lipinski definition) is 5. The number of aromatic nitrogens is 1. The third-order valence-electron chi connectivity index (χ3n) is 4.16. The molecule has 0 unspecified atom stereocenters. The maximum absolute atomic E-state index is 11.8. The predicted molar refractivity (Wildman–Crippen MR) is 85.9 cm³/mol. The molecular formula is C15H22N4O2S. The van der Waals surface area contributed by atoms with Gasteiger partial charge < -0.3 is 5.32 Å². The van der Waals surface area contributed by atoms with Crippen molar-refractivity contribution in [2.24, 2.45) is 5.92 Å². The lowest BCUT2D eigenvalue weighted by molar-refractivity contribution is 0.282. The summed E-state index contributed by atoms with van der Waals surface area (Å²) in [5.41, 5.74) is 1.48. The van der Waals surface area contributed by atoms with E-state index >= 15 is 0 Å². The molecule has 0 atom stereocenters. The summed E-state index contributed by atoms with van der Waals surface area (Å²) >= 11 is 0. The first kappa shape index (κ1) is 16.7. The van der Waals surface area contributed by atoms with Crippen LogP contribution in [0.15, 0.2) is 12.3 Å². The molecule has 1 aliphatic rings. The highest BCUT2D eigenvalue weighted by molar-refractivity contribution is 7.89. The molecule has 2 rings (SSSR count). The molecule has 1 N–H and O–H groups in total. The van der Waals surface area contributed by atoms with Gasteiger partial charge in [0.25, 0.3) is 0 Å². The van der Waals surface area contributed by atoms with E-state index in [-0.39, 0.29) is 5.75 Å². The lowest BCUT2D eigenvalue weighted by Crippen LogP contribution is -2.40. The molecule has 1 aromatic heterocycles. The third kappa shape index (κ3) is 3.76. The van der Waals surface area contributed by atoms with Gasteiger partial charge in [-0.25, -0.2) is 17.7 Å². The van der Waals surface area contributed by atoms with Gasteiger partial charge in [-0.05, 0) is 44.2 Å². The first-order valence-corrected chi connectivity index (χ1v) is 9.16. The average molecular weight is 322 g/mol. The number of rotatable bonds is 5. The lowest BCUT2D eigenvalue weighted by atomic mass is 9.98. The second-order valence-corrected chi connectivity index (χ2v) is 7.84. The smallest absolute Gasteiger partial charge is 0.213 e. The van der Waals surface area contributed by atoms with Crippen LogP contribution in [-0.4, -0.2) is 43.1 Å². The first-order chi connectivity index (χ1) is 10.5. The van der Waals surface area contributed by atoms with Crippen molar-refractivity contribution >= 4 is 15.8 Å². The number of pyridine rings is 1. The zero-order valence-corrected chi connectivity index (χ0v) is 13.9. The van der Waals surface area contributed by atoms with Crippen LogP contribution in [0, 0.1) is 24.2 Å². The van der Waals surface area contributed by atoms with E-state index in [2.05, 4.69) is 16.4 Å². The van der Waals surface area contributed by atoms with E-state index < -0.39 is 10.0 Å². The highest BCUT2D eigenvalue weighted by Gasteiger charge is 2.26. The summed E-state index contributed by atoms with van der Waals surface area (Å²) in [5.74, 6) is 1.18. The van der Waals surface area contributed by atoms with Crippen molar-refractivity contribution in [1.29, 1.82) is 5.26 Å². The Morgan fingerprint density at radius 1 is 1.45 bits per heavy atom. The number of anilines is 1. The molecule has 1 aromatic rings. The van der Waals surface area contributed by atoms with Crippen LogP contribution < -0.4 is 5.32 Å². The summed E-state index contributed by atoms with van der Waals surface area (Å²) in [4.78, 5) is 4.22. The van der Waals surface area contributed by atoms with Gasteiger partial charge in [0.05, 0.1) is 11.3 Å². The highest BCUT2D eigenvalue weighted by atomic mass is 32.2. The predicted octanol–water partition coefficient (Wildman–Crippen LogP) is 1.74. The van der Waals surface area contributed by atoms with Gasteiger partial charge in [-0.3, -0.25) is 0 Å². The van der Waals surface area contributed by atoms with Gasteiger partial charge in [-0.1, -0.05) is 0 Å². The topological polar surface area (TPSA) is 86.1 Å². The Morgan fingerprint density at radius 3 is 2.73 bits per heavy atom. The van der Waals surface area contributed by atoms with Crippen molar-refractivity contribution in [3.63, 3.8) is 0 Å². The molecule has 0 aromatic carbocycles. The van der Waals surface area contributed by atoms with E-state index in [1.165, 1.54) is 0 Å². The molecular weight excluding hydrogens is 300 g/mol. The maximum atomic E-state index is 11.8. The van der Waals surface area contributed by atoms with Crippen molar-refractivity contribution in [2.75, 3.05) is 30.7 Å². The fourth-order valence-corrected chi connectivity index (χ4v) is 3.78. The molecule has 6 nitrogen and oxygen atoms in total. The molecule has 1 aliphatic heterocycles. The Bertz CT molecular complexity index is 659. The van der Waals surface area contributed by atoms with Crippen molar-refractivity contribution in [3.8, 4) is 6.07 Å². The number of hydrogen-bond donors (Lipinski definition) is 1. The normalized spacial score (nSPS) is 17.1. The second-order valence-electron chi connectivity index (χ2n) is 5.59. The zero-order chi connectivity index (χ0) is 16.2. The van der Waals surface area contributed by atoms with Crippen LogP contribution in [-0.2, 0) is 10.0 Å². The van der Waals surface area contributed by atoms with Crippen LogP contribution in [0.5, 0.6) is 0 Å². The monoisotopic (exact) mass is 322 g/mol. The van der Waals surface area contributed by atoms with Crippen molar-refractivity contribution in [2.45, 2.75) is 26.7 Å². The van der Waals surface area contributed by atoms with Gasteiger partial charge in [-0.15, -0.1) is 0 Å². The molecule has 0 bridgehead atoms. The quantitative estimate of drug-likeness (QED) is 0.892. The van der Waals surface area contributed by atoms with Gasteiger partial charge in [0.15, 0.2) is 0 Å². The molecule has 0 aliphatic carbocycles. The molecule has 22 heavy (non-hydrogen) atoms. The van der Waals surface area contributed by atoms with Gasteiger partial charge in [0.2, 0.25) is 10.0 Å². The minimum absolute atomic E-state index is 0.161. The van der Waals surface area contributed by atoms with Crippen LogP contribution >= 0.6 is 0 Å². The van der Waals surface area contributed by atoms with Crippen LogP contribution in [0.2, 0.25) is 0 Å². The van der Waals surface area contributed by atoms with Gasteiger partial charge in [0, 0.05) is 25.8 Å². The molecule has 1 fully saturated rings. The fraction of sp³-hybridized carbons (Fsp3) is 0.600. The molecule has 0 radical (unpaired) electrons. The molecule has 1 saturated heterocycles. The van der Waals surface area contributed by atoms with E-state index in [0.717, 1.165) is 18.4 Å². The van der Waals surface area contributed by atoms with Crippen LogP contribution in [0.4, 0.5) is 5.82 Å². The van der Waals surface area contributed by atoms with Crippen LogP contribution in [0.3, 0.4) is 0 Å². The minimum atomic E-state index is -3.07. The van der Waals surface area contributed by atoms with E-state index in [0.29, 0.717) is 36.9 Å². The second kappa shape index (κ2) is 7.07. The van der Waals surface area contributed by atoms with Crippen molar-refractivity contribution in [1.82, 2.24) is 9.29 Å². The molecule has 0 amide bonds. The summed E-state index contributed by atoms with van der Waals surface area (Å²) < 4.78 is 25.2. The number of nitrogens with zero attached hydrogens (tertiary/aromatic N) is 3. The van der Waals surface area contributed by atoms with Crippen molar-refractivity contribution < 1.29 is 8.42 Å². The van der Waals surface area contributed by atoms with Crippen LogP contribution in [0.1, 0.15) is 30.9 Å². The first-order valence-electron chi connectivity index (χ1n) is 7.55. The Labute approximate surface area is 132 Å². The number of nitriles is 1. The summed E-state index contributed by atoms with van der Waals surface area (Å²) in [7, 11) is -3.07. The summed E-state index contributed by atoms with van der Waals surface area (Å²) in [6, 6.07) is 3.99. The van der Waals surface area contributed by atoms with E-state index in [9.17, 15) is 13.7 Å². The third-order valence-corrected chi connectivity index (χ3v) is 6.04. The number of piperidine rings is 1. The molecule has 0 spiro atoms. The van der Waals surface area contributed by atoms with Gasteiger partial charge in [-0.2, -0.15) is 5.26 Å². The lowest BCUT2D eigenvalue weighted by Gasteiger charge is -2.31.